The Bertz CT molecular complexity index is 1920. The van der Waals surface area contributed by atoms with Crippen molar-refractivity contribution in [2.45, 2.75) is 65.2 Å². The minimum absolute atomic E-state index is 0.0574. The summed E-state index contributed by atoms with van der Waals surface area (Å²) in [5, 5.41) is 13.4. The second-order valence-electron chi connectivity index (χ2n) is 11.7. The lowest BCUT2D eigenvalue weighted by Gasteiger charge is -2.35. The normalized spacial score (nSPS) is 18.6. The molecule has 2 aromatic carbocycles. The molecule has 48 heavy (non-hydrogen) atoms. The van der Waals surface area contributed by atoms with E-state index in [2.05, 4.69) is 34.2 Å². The number of rotatable bonds is 11. The molecule has 4 rings (SSSR count). The Labute approximate surface area is 286 Å². The van der Waals surface area contributed by atoms with Gasteiger partial charge in [0.25, 0.3) is 0 Å². The van der Waals surface area contributed by atoms with Gasteiger partial charge in [-0.15, -0.1) is 0 Å². The van der Waals surface area contributed by atoms with Gasteiger partial charge in [-0.25, -0.2) is 16.8 Å². The van der Waals surface area contributed by atoms with Crippen molar-refractivity contribution in [1.29, 1.82) is 5.26 Å². The first kappa shape index (κ1) is 37.3. The van der Waals surface area contributed by atoms with Crippen LogP contribution in [0.3, 0.4) is 0 Å². The molecule has 2 atom stereocenters. The fourth-order valence-corrected chi connectivity index (χ4v) is 9.75. The second-order valence-corrected chi connectivity index (χ2v) is 16.5. The van der Waals surface area contributed by atoms with Gasteiger partial charge in [-0.3, -0.25) is 4.79 Å². The number of ketones is 1. The highest BCUT2D eigenvalue weighted by Gasteiger charge is 2.39. The molecule has 0 aromatic heterocycles. The van der Waals surface area contributed by atoms with Gasteiger partial charge >= 0.3 is 6.18 Å². The molecule has 2 aromatic rings. The van der Waals surface area contributed by atoms with Crippen LogP contribution in [0, 0.1) is 17.2 Å². The number of hydrogen-bond acceptors (Lipinski definition) is 9. The van der Waals surface area contributed by atoms with Gasteiger partial charge in [0.2, 0.25) is 20.0 Å². The Kier molecular flexibility index (Phi) is 11.0. The number of ether oxygens (including phenoxy) is 2. The number of nitrogens with zero attached hydrogens (tertiary/aromatic N) is 2. The molecular formula is C32H35BrF3N3O7S2. The minimum Gasteiger partial charge on any atom is -0.490 e. The molecule has 2 unspecified atom stereocenters. The molecular weight excluding hydrogens is 739 g/mol. The highest BCUT2D eigenvalue weighted by molar-refractivity contribution is 9.10. The number of halogens is 4. The van der Waals surface area contributed by atoms with E-state index >= 15 is 0 Å². The van der Waals surface area contributed by atoms with Crippen LogP contribution < -0.4 is 18.5 Å². The number of nitrogens with one attached hydrogen (secondary N) is 1. The van der Waals surface area contributed by atoms with Crippen molar-refractivity contribution in [2.75, 3.05) is 22.8 Å². The lowest BCUT2D eigenvalue weighted by Crippen LogP contribution is -2.36. The van der Waals surface area contributed by atoms with Crippen LogP contribution in [-0.2, 0) is 37.6 Å². The number of carbonyl (C=O) groups excluding carboxylic acids is 1. The third kappa shape index (κ3) is 7.84. The summed E-state index contributed by atoms with van der Waals surface area (Å²) in [4.78, 5) is 13.5. The third-order valence-electron chi connectivity index (χ3n) is 7.98. The average molecular weight is 775 g/mol. The SMILES string of the molecule is CCCC1CC(=O)C2=C(C1)NC(C)=C(C#N)C2c1cc(Br)c(OCc2ccc(C(F)(F)F)cc2N(S(C)(=O)=O)S(C)(=O)=O)c(OCC)c1. The molecule has 0 saturated heterocycles. The number of Topliss-reactive ketones (excluding diaryl/α,β-unsaturated/α-hetero) is 1. The maximum atomic E-state index is 13.6. The van der Waals surface area contributed by atoms with Crippen molar-refractivity contribution in [2.24, 2.45) is 5.92 Å². The number of carbonyl (C=O) groups is 1. The van der Waals surface area contributed by atoms with Gasteiger partial charge in [0.05, 0.1) is 52.4 Å². The zero-order valence-electron chi connectivity index (χ0n) is 26.9. The first-order valence-corrected chi connectivity index (χ1v) is 19.4. The minimum atomic E-state index is -4.90. The standard InChI is InChI=1S/C32H35BrF3N3O7S2/c1-6-8-19-11-25-30(27(40)12-19)29(23(16-37)18(3)38-25)21-13-24(33)31(28(14-21)45-7-2)46-17-20-9-10-22(32(34,35)36)15-26(20)39(47(4,41)42)48(5,43)44/h9-10,13-15,19,29,38H,6-8,11-12,17H2,1-5H3. The number of nitriles is 1. The fraction of sp³-hybridized carbons (Fsp3) is 0.438. The van der Waals surface area contributed by atoms with Crippen molar-refractivity contribution in [3.8, 4) is 17.6 Å². The Morgan fingerprint density at radius 1 is 1.06 bits per heavy atom. The highest BCUT2D eigenvalue weighted by atomic mass is 79.9. The van der Waals surface area contributed by atoms with E-state index in [1.807, 2.05) is 0 Å². The van der Waals surface area contributed by atoms with Crippen LogP contribution in [0.2, 0.25) is 0 Å². The van der Waals surface area contributed by atoms with Gasteiger partial charge in [-0.05, 0) is 78.4 Å². The molecule has 1 heterocycles. The predicted molar refractivity (Wildman–Crippen MR) is 177 cm³/mol. The third-order valence-corrected chi connectivity index (χ3v) is 11.8. The van der Waals surface area contributed by atoms with Crippen LogP contribution in [0.25, 0.3) is 0 Å². The molecule has 0 amide bonds. The smallest absolute Gasteiger partial charge is 0.416 e. The van der Waals surface area contributed by atoms with Crippen molar-refractivity contribution in [3.05, 3.63) is 74.0 Å². The summed E-state index contributed by atoms with van der Waals surface area (Å²) >= 11 is 3.48. The number of sulfonamides is 2. The topological polar surface area (TPSA) is 143 Å². The quantitative estimate of drug-likeness (QED) is 0.264. The van der Waals surface area contributed by atoms with E-state index in [1.54, 1.807) is 26.0 Å². The number of alkyl halides is 3. The summed E-state index contributed by atoms with van der Waals surface area (Å²) in [6.07, 6.45) is -0.923. The van der Waals surface area contributed by atoms with Crippen molar-refractivity contribution >= 4 is 47.4 Å². The molecule has 1 aliphatic carbocycles. The number of hydrogen-bond donors (Lipinski definition) is 1. The number of anilines is 1. The monoisotopic (exact) mass is 773 g/mol. The lowest BCUT2D eigenvalue weighted by molar-refractivity contribution is -0.137. The molecule has 1 aliphatic heterocycles. The van der Waals surface area contributed by atoms with Crippen molar-refractivity contribution < 1.29 is 44.3 Å². The van der Waals surface area contributed by atoms with Crippen LogP contribution >= 0.6 is 15.9 Å². The Morgan fingerprint density at radius 2 is 1.73 bits per heavy atom. The lowest BCUT2D eigenvalue weighted by atomic mass is 9.72. The van der Waals surface area contributed by atoms with Crippen LogP contribution in [0.5, 0.6) is 11.5 Å². The molecule has 260 valence electrons. The molecule has 0 bridgehead atoms. The van der Waals surface area contributed by atoms with Crippen LogP contribution in [-0.4, -0.2) is 41.7 Å². The Hall–Kier alpha value is -3.55. The van der Waals surface area contributed by atoms with E-state index in [4.69, 9.17) is 9.47 Å². The number of benzene rings is 2. The summed E-state index contributed by atoms with van der Waals surface area (Å²) in [7, 11) is -9.20. The van der Waals surface area contributed by atoms with E-state index < -0.39 is 50.0 Å². The van der Waals surface area contributed by atoms with Crippen molar-refractivity contribution in [1.82, 2.24) is 5.32 Å². The van der Waals surface area contributed by atoms with Crippen LogP contribution in [0.1, 0.15) is 69.1 Å². The summed E-state index contributed by atoms with van der Waals surface area (Å²) in [5.41, 5.74) is 0.633. The summed E-state index contributed by atoms with van der Waals surface area (Å²) in [6.45, 7) is 5.15. The van der Waals surface area contributed by atoms with Gasteiger partial charge in [-0.1, -0.05) is 19.4 Å². The first-order valence-electron chi connectivity index (χ1n) is 14.9. The van der Waals surface area contributed by atoms with E-state index in [0.717, 1.165) is 24.6 Å². The second kappa shape index (κ2) is 14.1. The van der Waals surface area contributed by atoms with Gasteiger partial charge < -0.3 is 14.8 Å². The van der Waals surface area contributed by atoms with E-state index in [9.17, 15) is 40.1 Å². The molecule has 10 nitrogen and oxygen atoms in total. The highest BCUT2D eigenvalue weighted by Crippen LogP contribution is 2.47. The first-order chi connectivity index (χ1) is 22.3. The average Bonchev–Trinajstić information content (AvgIpc) is 2.94. The molecule has 0 fully saturated rings. The maximum Gasteiger partial charge on any atom is 0.416 e. The summed E-state index contributed by atoms with van der Waals surface area (Å²) < 4.78 is 103. The zero-order valence-corrected chi connectivity index (χ0v) is 30.1. The van der Waals surface area contributed by atoms with Crippen LogP contribution in [0.15, 0.2) is 57.3 Å². The van der Waals surface area contributed by atoms with E-state index in [1.165, 1.54) is 0 Å². The molecule has 2 aliphatic rings. The van der Waals surface area contributed by atoms with Crippen LogP contribution in [0.4, 0.5) is 18.9 Å². The predicted octanol–water partition coefficient (Wildman–Crippen LogP) is 6.69. The van der Waals surface area contributed by atoms with E-state index in [-0.39, 0.29) is 39.1 Å². The number of dihydropyridines is 1. The Morgan fingerprint density at radius 3 is 2.29 bits per heavy atom. The van der Waals surface area contributed by atoms with E-state index in [0.29, 0.717) is 64.4 Å². The molecule has 0 saturated carbocycles. The van der Waals surface area contributed by atoms with Crippen molar-refractivity contribution in [3.63, 3.8) is 0 Å². The molecule has 1 N–H and O–H groups in total. The maximum absolute atomic E-state index is 13.6. The summed E-state index contributed by atoms with van der Waals surface area (Å²) in [6, 6.07) is 7.59. The molecule has 0 spiro atoms. The number of allylic oxidation sites excluding steroid dienone is 4. The largest absolute Gasteiger partial charge is 0.490 e. The Balaban J connectivity index is 1.81. The molecule has 0 radical (unpaired) electrons. The van der Waals surface area contributed by atoms with Gasteiger partial charge in [0.1, 0.15) is 6.61 Å². The van der Waals surface area contributed by atoms with Gasteiger partial charge in [0.15, 0.2) is 17.3 Å². The van der Waals surface area contributed by atoms with Gasteiger partial charge in [0, 0.05) is 29.0 Å². The van der Waals surface area contributed by atoms with Gasteiger partial charge in [-0.2, -0.15) is 22.1 Å². The molecule has 16 heteroatoms. The fourth-order valence-electron chi connectivity index (χ4n) is 6.16. The zero-order chi connectivity index (χ0) is 35.8. The summed E-state index contributed by atoms with van der Waals surface area (Å²) in [5.74, 6) is -0.328.